The molecule has 2 heterocycles. The lowest BCUT2D eigenvalue weighted by molar-refractivity contribution is -0.121. The summed E-state index contributed by atoms with van der Waals surface area (Å²) in [5.74, 6) is 1.57. The number of amides is 1. The van der Waals surface area contributed by atoms with Gasteiger partial charge in [-0.3, -0.25) is 9.69 Å². The predicted molar refractivity (Wildman–Crippen MR) is 103 cm³/mol. The molecule has 2 aromatic rings. The molecule has 1 fully saturated rings. The number of hydrogen-bond acceptors (Lipinski definition) is 6. The van der Waals surface area contributed by atoms with Gasteiger partial charge in [0, 0.05) is 24.7 Å². The number of carbonyl (C=O) groups is 1. The number of rotatable bonds is 7. The average Bonchev–Trinajstić information content (AvgIpc) is 3.16. The fourth-order valence-corrected chi connectivity index (χ4v) is 3.58. The number of likely N-dealkylation sites (tertiary alicyclic amines) is 1. The molecule has 1 N–H and O–H groups in total. The Labute approximate surface area is 158 Å². The van der Waals surface area contributed by atoms with Gasteiger partial charge in [-0.1, -0.05) is 12.1 Å². The van der Waals surface area contributed by atoms with Crippen molar-refractivity contribution in [3.63, 3.8) is 0 Å². The van der Waals surface area contributed by atoms with E-state index >= 15 is 0 Å². The highest BCUT2D eigenvalue weighted by atomic mass is 32.1. The van der Waals surface area contributed by atoms with Gasteiger partial charge in [0.2, 0.25) is 5.91 Å². The van der Waals surface area contributed by atoms with Crippen LogP contribution < -0.4 is 14.8 Å². The van der Waals surface area contributed by atoms with Gasteiger partial charge in [-0.2, -0.15) is 0 Å². The molecule has 6 nitrogen and oxygen atoms in total. The molecule has 26 heavy (non-hydrogen) atoms. The first-order chi connectivity index (χ1) is 12.7. The zero-order chi connectivity index (χ0) is 18.4. The van der Waals surface area contributed by atoms with Crippen LogP contribution in [0.4, 0.5) is 5.13 Å². The number of aromatic nitrogens is 1. The van der Waals surface area contributed by atoms with Gasteiger partial charge in [0.05, 0.1) is 12.6 Å². The van der Waals surface area contributed by atoms with Crippen LogP contribution >= 0.6 is 11.3 Å². The third-order valence-electron chi connectivity index (χ3n) is 4.51. The van der Waals surface area contributed by atoms with Crippen LogP contribution in [0.3, 0.4) is 0 Å². The number of para-hydroxylation sites is 2. The van der Waals surface area contributed by atoms with Gasteiger partial charge in [0.25, 0.3) is 0 Å². The molecule has 0 bridgehead atoms. The first kappa shape index (κ1) is 18.7. The maximum Gasteiger partial charge on any atom is 0.243 e. The van der Waals surface area contributed by atoms with Gasteiger partial charge in [0.1, 0.15) is 6.10 Å². The fraction of sp³-hybridized carbons (Fsp3) is 0.474. The molecule has 7 heteroatoms. The van der Waals surface area contributed by atoms with Crippen molar-refractivity contribution < 1.29 is 14.3 Å². The zero-order valence-corrected chi connectivity index (χ0v) is 16.0. The SMILES string of the molecule is CCOc1ccccc1OC1CCN(C(C)C(=O)Nc2nccs2)CC1. The molecular weight excluding hydrogens is 350 g/mol. The Balaban J connectivity index is 1.50. The summed E-state index contributed by atoms with van der Waals surface area (Å²) < 4.78 is 11.8. The van der Waals surface area contributed by atoms with E-state index in [0.717, 1.165) is 37.4 Å². The minimum absolute atomic E-state index is 0.0130. The molecule has 1 amide bonds. The number of hydrogen-bond donors (Lipinski definition) is 1. The van der Waals surface area contributed by atoms with Crippen molar-refractivity contribution in [1.29, 1.82) is 0 Å². The molecule has 1 aromatic carbocycles. The Hall–Kier alpha value is -2.12. The number of nitrogens with zero attached hydrogens (tertiary/aromatic N) is 2. The van der Waals surface area contributed by atoms with Crippen molar-refractivity contribution in [1.82, 2.24) is 9.88 Å². The molecule has 1 unspecified atom stereocenters. The minimum Gasteiger partial charge on any atom is -0.490 e. The van der Waals surface area contributed by atoms with E-state index in [2.05, 4.69) is 15.2 Å². The molecule has 0 aliphatic carbocycles. The van der Waals surface area contributed by atoms with Crippen molar-refractivity contribution in [3.8, 4) is 11.5 Å². The van der Waals surface area contributed by atoms with Gasteiger partial charge < -0.3 is 14.8 Å². The van der Waals surface area contributed by atoms with E-state index in [1.54, 1.807) is 6.20 Å². The highest BCUT2D eigenvalue weighted by Gasteiger charge is 2.28. The molecule has 1 aliphatic heterocycles. The topological polar surface area (TPSA) is 63.7 Å². The van der Waals surface area contributed by atoms with Gasteiger partial charge in [-0.05, 0) is 38.8 Å². The van der Waals surface area contributed by atoms with Crippen molar-refractivity contribution in [2.24, 2.45) is 0 Å². The van der Waals surface area contributed by atoms with Crippen LogP contribution in [0.5, 0.6) is 11.5 Å². The Kier molecular flexibility index (Phi) is 6.46. The number of anilines is 1. The summed E-state index contributed by atoms with van der Waals surface area (Å²) in [5, 5.41) is 5.37. The number of piperidine rings is 1. The number of benzene rings is 1. The number of nitrogens with one attached hydrogen (secondary N) is 1. The standard InChI is InChI=1S/C19H25N3O3S/c1-3-24-16-6-4-5-7-17(16)25-15-8-11-22(12-9-15)14(2)18(23)21-19-20-10-13-26-19/h4-7,10,13-15H,3,8-9,11-12H2,1-2H3,(H,20,21,23). The van der Waals surface area contributed by atoms with Gasteiger partial charge in [-0.15, -0.1) is 11.3 Å². The average molecular weight is 375 g/mol. The third-order valence-corrected chi connectivity index (χ3v) is 5.20. The normalized spacial score (nSPS) is 16.8. The van der Waals surface area contributed by atoms with Gasteiger partial charge >= 0.3 is 0 Å². The minimum atomic E-state index is -0.185. The van der Waals surface area contributed by atoms with Gasteiger partial charge in [0.15, 0.2) is 16.6 Å². The van der Waals surface area contributed by atoms with Crippen LogP contribution in [-0.2, 0) is 4.79 Å². The molecule has 3 rings (SSSR count). The number of carbonyl (C=O) groups excluding carboxylic acids is 1. The Morgan fingerprint density at radius 2 is 2.08 bits per heavy atom. The summed E-state index contributed by atoms with van der Waals surface area (Å²) >= 11 is 1.43. The second-order valence-corrected chi connectivity index (χ2v) is 7.13. The summed E-state index contributed by atoms with van der Waals surface area (Å²) in [6.45, 7) is 6.17. The summed E-state index contributed by atoms with van der Waals surface area (Å²) in [5.41, 5.74) is 0. The van der Waals surface area contributed by atoms with Crippen LogP contribution in [0.2, 0.25) is 0 Å². The van der Waals surface area contributed by atoms with Crippen LogP contribution in [0.25, 0.3) is 0 Å². The van der Waals surface area contributed by atoms with Crippen LogP contribution in [0.1, 0.15) is 26.7 Å². The van der Waals surface area contributed by atoms with Crippen molar-refractivity contribution in [3.05, 3.63) is 35.8 Å². The maximum absolute atomic E-state index is 12.4. The second kappa shape index (κ2) is 9.00. The lowest BCUT2D eigenvalue weighted by Gasteiger charge is -2.35. The summed E-state index contributed by atoms with van der Waals surface area (Å²) in [4.78, 5) is 18.7. The Morgan fingerprint density at radius 3 is 2.73 bits per heavy atom. The van der Waals surface area contributed by atoms with Crippen molar-refractivity contribution >= 4 is 22.4 Å². The van der Waals surface area contributed by atoms with Gasteiger partial charge in [-0.25, -0.2) is 4.98 Å². The highest BCUT2D eigenvalue weighted by Crippen LogP contribution is 2.29. The van der Waals surface area contributed by atoms with Crippen LogP contribution in [0, 0.1) is 0 Å². The number of thiazole rings is 1. The summed E-state index contributed by atoms with van der Waals surface area (Å²) in [7, 11) is 0. The highest BCUT2D eigenvalue weighted by molar-refractivity contribution is 7.13. The van der Waals surface area contributed by atoms with E-state index in [1.807, 2.05) is 43.5 Å². The molecule has 1 aliphatic rings. The van der Waals surface area contributed by atoms with E-state index < -0.39 is 0 Å². The molecular formula is C19H25N3O3S. The molecule has 1 aromatic heterocycles. The quantitative estimate of drug-likeness (QED) is 0.803. The number of ether oxygens (including phenoxy) is 2. The van der Waals surface area contributed by atoms with E-state index in [1.165, 1.54) is 11.3 Å². The predicted octanol–water partition coefficient (Wildman–Crippen LogP) is 3.41. The maximum atomic E-state index is 12.4. The smallest absolute Gasteiger partial charge is 0.243 e. The zero-order valence-electron chi connectivity index (χ0n) is 15.2. The van der Waals surface area contributed by atoms with E-state index in [-0.39, 0.29) is 18.1 Å². The molecule has 1 saturated heterocycles. The summed E-state index contributed by atoms with van der Waals surface area (Å²) in [6.07, 6.45) is 3.60. The third kappa shape index (κ3) is 4.74. The van der Waals surface area contributed by atoms with E-state index in [4.69, 9.17) is 9.47 Å². The second-order valence-electron chi connectivity index (χ2n) is 6.24. The van der Waals surface area contributed by atoms with Crippen LogP contribution in [0.15, 0.2) is 35.8 Å². The molecule has 140 valence electrons. The van der Waals surface area contributed by atoms with Crippen molar-refractivity contribution in [2.45, 2.75) is 38.8 Å². The van der Waals surface area contributed by atoms with E-state index in [0.29, 0.717) is 11.7 Å². The lowest BCUT2D eigenvalue weighted by atomic mass is 10.1. The molecule has 0 spiro atoms. The molecule has 1 atom stereocenters. The Morgan fingerprint density at radius 1 is 1.35 bits per heavy atom. The Bertz CT molecular complexity index is 700. The van der Waals surface area contributed by atoms with Crippen LogP contribution in [-0.4, -0.2) is 47.6 Å². The van der Waals surface area contributed by atoms with E-state index in [9.17, 15) is 4.79 Å². The molecule has 0 saturated carbocycles. The summed E-state index contributed by atoms with van der Waals surface area (Å²) in [6, 6.07) is 7.59. The fourth-order valence-electron chi connectivity index (χ4n) is 3.04. The first-order valence-corrected chi connectivity index (χ1v) is 9.88. The first-order valence-electron chi connectivity index (χ1n) is 9.00. The van der Waals surface area contributed by atoms with Crippen molar-refractivity contribution in [2.75, 3.05) is 25.0 Å². The largest absolute Gasteiger partial charge is 0.490 e. The lowest BCUT2D eigenvalue weighted by Crippen LogP contribution is -2.47. The monoisotopic (exact) mass is 375 g/mol. The molecule has 0 radical (unpaired) electrons.